The Bertz CT molecular complexity index is 1060. The number of para-hydroxylation sites is 1. The number of hydrogen-bond donors (Lipinski definition) is 3. The van der Waals surface area contributed by atoms with E-state index >= 15 is 0 Å². The van der Waals surface area contributed by atoms with Crippen molar-refractivity contribution in [2.75, 3.05) is 25.1 Å². The number of hydrogen-bond acceptors (Lipinski definition) is 9. The molecule has 5 atom stereocenters. The molecule has 0 saturated carbocycles. The van der Waals surface area contributed by atoms with E-state index in [9.17, 15) is 14.6 Å². The summed E-state index contributed by atoms with van der Waals surface area (Å²) in [6, 6.07) is 6.09. The standard InChI is InChI=1S/C20H22FN5O5/c21-12-3-1-2-4-13(12)30-8-14-16(27)17(28)20(31-14)26-10-24-15-18(22-9-23-19(15)26)25-11-5-6-29-7-11/h1-4,9-11,14,16-17,20,27-28H,5-8H2,(H,22,23,25)/t11?,14-,16-,17-,20-/m0/s1. The Balaban J connectivity index is 1.34. The minimum atomic E-state index is -1.25. The first-order chi connectivity index (χ1) is 15.1. The molecule has 31 heavy (non-hydrogen) atoms. The molecule has 3 N–H and O–H groups in total. The molecule has 2 saturated heterocycles. The number of ether oxygens (including phenoxy) is 3. The van der Waals surface area contributed by atoms with E-state index in [1.54, 1.807) is 16.7 Å². The zero-order chi connectivity index (χ0) is 21.4. The second-order valence-corrected chi connectivity index (χ2v) is 7.54. The molecule has 0 radical (unpaired) electrons. The van der Waals surface area contributed by atoms with Crippen molar-refractivity contribution in [3.05, 3.63) is 42.7 Å². The normalized spacial score (nSPS) is 28.3. The third-order valence-electron chi connectivity index (χ3n) is 5.48. The summed E-state index contributed by atoms with van der Waals surface area (Å²) in [4.78, 5) is 12.9. The van der Waals surface area contributed by atoms with Gasteiger partial charge in [0.25, 0.3) is 0 Å². The molecule has 2 fully saturated rings. The van der Waals surface area contributed by atoms with E-state index in [1.165, 1.54) is 24.8 Å². The molecule has 11 heteroatoms. The van der Waals surface area contributed by atoms with Gasteiger partial charge < -0.3 is 29.7 Å². The predicted octanol–water partition coefficient (Wildman–Crippen LogP) is 0.864. The maximum atomic E-state index is 13.8. The van der Waals surface area contributed by atoms with Crippen LogP contribution in [-0.2, 0) is 9.47 Å². The minimum absolute atomic E-state index is 0.0451. The van der Waals surface area contributed by atoms with Gasteiger partial charge in [-0.2, -0.15) is 0 Å². The number of nitrogens with one attached hydrogen (secondary N) is 1. The van der Waals surface area contributed by atoms with Crippen LogP contribution in [0.5, 0.6) is 5.75 Å². The van der Waals surface area contributed by atoms with Crippen molar-refractivity contribution in [1.82, 2.24) is 19.5 Å². The van der Waals surface area contributed by atoms with Crippen LogP contribution in [0.3, 0.4) is 0 Å². The lowest BCUT2D eigenvalue weighted by atomic mass is 10.1. The van der Waals surface area contributed by atoms with Crippen molar-refractivity contribution in [3.63, 3.8) is 0 Å². The fourth-order valence-electron chi connectivity index (χ4n) is 3.82. The number of imidazole rings is 1. The molecule has 0 bridgehead atoms. The molecule has 10 nitrogen and oxygen atoms in total. The number of anilines is 1. The first-order valence-corrected chi connectivity index (χ1v) is 10.0. The summed E-state index contributed by atoms with van der Waals surface area (Å²) in [6.45, 7) is 1.15. The van der Waals surface area contributed by atoms with E-state index < -0.39 is 30.4 Å². The molecule has 2 aromatic heterocycles. The summed E-state index contributed by atoms with van der Waals surface area (Å²) in [7, 11) is 0. The molecular weight excluding hydrogens is 409 g/mol. The Morgan fingerprint density at radius 3 is 2.87 bits per heavy atom. The lowest BCUT2D eigenvalue weighted by Crippen LogP contribution is -2.34. The van der Waals surface area contributed by atoms with Gasteiger partial charge >= 0.3 is 0 Å². The lowest BCUT2D eigenvalue weighted by molar-refractivity contribution is -0.0477. The number of benzene rings is 1. The highest BCUT2D eigenvalue weighted by Gasteiger charge is 2.44. The van der Waals surface area contributed by atoms with Gasteiger partial charge in [-0.3, -0.25) is 4.57 Å². The Hall–Kier alpha value is -2.86. The van der Waals surface area contributed by atoms with Crippen molar-refractivity contribution in [2.45, 2.75) is 37.0 Å². The second kappa shape index (κ2) is 8.35. The van der Waals surface area contributed by atoms with E-state index in [0.717, 1.165) is 6.42 Å². The van der Waals surface area contributed by atoms with E-state index in [1.807, 2.05) is 0 Å². The number of fused-ring (bicyclic) bond motifs is 1. The first-order valence-electron chi connectivity index (χ1n) is 10.0. The van der Waals surface area contributed by atoms with Crippen molar-refractivity contribution >= 4 is 17.0 Å². The topological polar surface area (TPSA) is 124 Å². The van der Waals surface area contributed by atoms with E-state index in [-0.39, 0.29) is 18.4 Å². The molecule has 3 aromatic rings. The zero-order valence-corrected chi connectivity index (χ0v) is 16.5. The van der Waals surface area contributed by atoms with Gasteiger partial charge in [-0.05, 0) is 18.6 Å². The van der Waals surface area contributed by atoms with Crippen molar-refractivity contribution in [3.8, 4) is 5.75 Å². The van der Waals surface area contributed by atoms with Gasteiger partial charge in [0.2, 0.25) is 0 Å². The quantitative estimate of drug-likeness (QED) is 0.521. The molecule has 0 aliphatic carbocycles. The van der Waals surface area contributed by atoms with Gasteiger partial charge in [-0.25, -0.2) is 19.3 Å². The van der Waals surface area contributed by atoms with Crippen LogP contribution in [-0.4, -0.2) is 73.9 Å². The molecule has 5 rings (SSSR count). The van der Waals surface area contributed by atoms with Gasteiger partial charge in [0.05, 0.1) is 19.0 Å². The van der Waals surface area contributed by atoms with Crippen molar-refractivity contribution < 1.29 is 28.8 Å². The van der Waals surface area contributed by atoms with Gasteiger partial charge in [-0.1, -0.05) is 12.1 Å². The van der Waals surface area contributed by atoms with Crippen LogP contribution in [0.1, 0.15) is 12.6 Å². The van der Waals surface area contributed by atoms with Crippen molar-refractivity contribution in [2.24, 2.45) is 0 Å². The fraction of sp³-hybridized carbons (Fsp3) is 0.450. The van der Waals surface area contributed by atoms with Crippen LogP contribution < -0.4 is 10.1 Å². The van der Waals surface area contributed by atoms with E-state index in [2.05, 4.69) is 20.3 Å². The Kier molecular flexibility index (Phi) is 5.40. The Morgan fingerprint density at radius 2 is 2.06 bits per heavy atom. The number of aromatic nitrogens is 4. The summed E-state index contributed by atoms with van der Waals surface area (Å²) in [5, 5.41) is 24.3. The van der Waals surface area contributed by atoms with Crippen LogP contribution in [0.15, 0.2) is 36.9 Å². The van der Waals surface area contributed by atoms with E-state index in [4.69, 9.17) is 14.2 Å². The number of aliphatic hydroxyl groups excluding tert-OH is 2. The molecule has 4 heterocycles. The molecule has 1 unspecified atom stereocenters. The molecule has 2 aliphatic rings. The monoisotopic (exact) mass is 431 g/mol. The van der Waals surface area contributed by atoms with Crippen LogP contribution in [0.2, 0.25) is 0 Å². The Labute approximate surface area is 176 Å². The zero-order valence-electron chi connectivity index (χ0n) is 16.5. The van der Waals surface area contributed by atoms with Crippen LogP contribution in [0, 0.1) is 5.82 Å². The van der Waals surface area contributed by atoms with Crippen molar-refractivity contribution in [1.29, 1.82) is 0 Å². The highest BCUT2D eigenvalue weighted by atomic mass is 19.1. The summed E-state index contributed by atoms with van der Waals surface area (Å²) >= 11 is 0. The largest absolute Gasteiger partial charge is 0.488 e. The van der Waals surface area contributed by atoms with Gasteiger partial charge in [0.1, 0.15) is 31.2 Å². The average molecular weight is 431 g/mol. The summed E-state index contributed by atoms with van der Waals surface area (Å²) < 4.78 is 32.0. The third-order valence-corrected chi connectivity index (χ3v) is 5.48. The first kappa shape index (κ1) is 20.1. The molecule has 0 spiro atoms. The number of nitrogens with zero attached hydrogens (tertiary/aromatic N) is 4. The SMILES string of the molecule is O[C@@H]1[C@H](O)[C@@H](n2cnc3c(NC4CCOC4)ncnc32)O[C@H]1COc1ccccc1F. The van der Waals surface area contributed by atoms with Gasteiger partial charge in [0, 0.05) is 6.61 Å². The molecule has 2 aliphatic heterocycles. The smallest absolute Gasteiger partial charge is 0.167 e. The van der Waals surface area contributed by atoms with Crippen LogP contribution in [0.4, 0.5) is 10.2 Å². The highest BCUT2D eigenvalue weighted by Crippen LogP contribution is 2.33. The maximum Gasteiger partial charge on any atom is 0.167 e. The van der Waals surface area contributed by atoms with E-state index in [0.29, 0.717) is 30.2 Å². The summed E-state index contributed by atoms with van der Waals surface area (Å²) in [6.07, 6.45) is -0.539. The van der Waals surface area contributed by atoms with Gasteiger partial charge in [0.15, 0.2) is 34.8 Å². The van der Waals surface area contributed by atoms with Crippen LogP contribution >= 0.6 is 0 Å². The average Bonchev–Trinajstić information content (AvgIpc) is 3.50. The third kappa shape index (κ3) is 3.81. The maximum absolute atomic E-state index is 13.8. The van der Waals surface area contributed by atoms with Gasteiger partial charge in [-0.15, -0.1) is 0 Å². The molecular formula is C20H22FN5O5. The highest BCUT2D eigenvalue weighted by molar-refractivity contribution is 5.82. The molecule has 1 aromatic carbocycles. The number of aliphatic hydroxyl groups is 2. The number of rotatable bonds is 6. The second-order valence-electron chi connectivity index (χ2n) is 7.54. The fourth-order valence-corrected chi connectivity index (χ4v) is 3.82. The summed E-state index contributed by atoms with van der Waals surface area (Å²) in [5.41, 5.74) is 0.967. The Morgan fingerprint density at radius 1 is 1.19 bits per heavy atom. The molecule has 164 valence electrons. The lowest BCUT2D eigenvalue weighted by Gasteiger charge is -2.17. The van der Waals surface area contributed by atoms with Crippen LogP contribution in [0.25, 0.3) is 11.2 Å². The minimum Gasteiger partial charge on any atom is -0.488 e. The summed E-state index contributed by atoms with van der Waals surface area (Å²) in [5.74, 6) is 0.0903. The molecule has 0 amide bonds. The number of halogens is 1. The predicted molar refractivity (Wildman–Crippen MR) is 106 cm³/mol.